The second-order valence-corrected chi connectivity index (χ2v) is 5.86. The van der Waals surface area contributed by atoms with Crippen molar-refractivity contribution in [3.63, 3.8) is 0 Å². The Balaban J connectivity index is 1.53. The molecule has 1 aromatic carbocycles. The van der Waals surface area contributed by atoms with E-state index >= 15 is 0 Å². The van der Waals surface area contributed by atoms with Crippen molar-refractivity contribution in [2.45, 2.75) is 31.7 Å². The first kappa shape index (κ1) is 15.7. The topological polar surface area (TPSA) is 54.3 Å². The molecule has 0 saturated carbocycles. The summed E-state index contributed by atoms with van der Waals surface area (Å²) in [6, 6.07) is 10.3. The number of hydrogen-bond donors (Lipinski definition) is 2. The number of carbonyl (C=O) groups is 1. The molecule has 0 spiro atoms. The summed E-state index contributed by atoms with van der Waals surface area (Å²) in [7, 11) is 0. The number of hydrogen-bond acceptors (Lipinski definition) is 3. The van der Waals surface area contributed by atoms with Gasteiger partial charge in [-0.3, -0.25) is 4.79 Å². The molecule has 0 bridgehead atoms. The fraction of sp³-hybridized carbons (Fsp3) is 0.389. The number of benzene rings is 1. The molecule has 0 aliphatic carbocycles. The average molecular weight is 316 g/mol. The van der Waals surface area contributed by atoms with Gasteiger partial charge in [0.1, 0.15) is 17.3 Å². The zero-order valence-corrected chi connectivity index (χ0v) is 13.0. The normalized spacial score (nSPS) is 17.9. The van der Waals surface area contributed by atoms with E-state index in [1.54, 1.807) is 30.3 Å². The molecule has 1 aliphatic rings. The highest BCUT2D eigenvalue weighted by Gasteiger charge is 2.16. The van der Waals surface area contributed by atoms with E-state index < -0.39 is 0 Å². The number of halogens is 1. The van der Waals surface area contributed by atoms with Crippen LogP contribution in [0.5, 0.6) is 0 Å². The Kier molecular flexibility index (Phi) is 5.08. The van der Waals surface area contributed by atoms with Crippen LogP contribution in [0.25, 0.3) is 11.3 Å². The lowest BCUT2D eigenvalue weighted by Crippen LogP contribution is -2.45. The predicted octanol–water partition coefficient (Wildman–Crippen LogP) is 2.89. The van der Waals surface area contributed by atoms with E-state index in [1.165, 1.54) is 6.07 Å². The van der Waals surface area contributed by atoms with Crippen molar-refractivity contribution in [1.82, 2.24) is 10.6 Å². The van der Waals surface area contributed by atoms with Crippen LogP contribution < -0.4 is 10.6 Å². The summed E-state index contributed by atoms with van der Waals surface area (Å²) in [6.07, 6.45) is 3.01. The quantitative estimate of drug-likeness (QED) is 0.892. The van der Waals surface area contributed by atoms with Crippen LogP contribution in [0.3, 0.4) is 0 Å². The molecule has 1 fully saturated rings. The maximum absolute atomic E-state index is 13.7. The van der Waals surface area contributed by atoms with Crippen molar-refractivity contribution in [3.05, 3.63) is 48.0 Å². The summed E-state index contributed by atoms with van der Waals surface area (Å²) in [6.45, 7) is 1.86. The van der Waals surface area contributed by atoms with Gasteiger partial charge in [-0.1, -0.05) is 12.1 Å². The molecule has 0 radical (unpaired) electrons. The van der Waals surface area contributed by atoms with Gasteiger partial charge in [0.2, 0.25) is 5.91 Å². The molecular formula is C18H21FN2O2. The molecule has 5 heteroatoms. The van der Waals surface area contributed by atoms with Crippen LogP contribution in [0, 0.1) is 5.82 Å². The Hall–Kier alpha value is -2.14. The van der Waals surface area contributed by atoms with Crippen LogP contribution in [-0.2, 0) is 11.2 Å². The van der Waals surface area contributed by atoms with E-state index in [4.69, 9.17) is 4.42 Å². The molecule has 23 heavy (non-hydrogen) atoms. The second-order valence-electron chi connectivity index (χ2n) is 5.86. The van der Waals surface area contributed by atoms with Gasteiger partial charge in [-0.05, 0) is 43.7 Å². The van der Waals surface area contributed by atoms with E-state index in [0.717, 1.165) is 25.9 Å². The van der Waals surface area contributed by atoms with E-state index in [0.29, 0.717) is 29.9 Å². The van der Waals surface area contributed by atoms with Crippen molar-refractivity contribution in [2.75, 3.05) is 13.1 Å². The Labute approximate surface area is 135 Å². The largest absolute Gasteiger partial charge is 0.461 e. The molecule has 4 nitrogen and oxygen atoms in total. The van der Waals surface area contributed by atoms with Crippen molar-refractivity contribution in [1.29, 1.82) is 0 Å². The predicted molar refractivity (Wildman–Crippen MR) is 86.5 cm³/mol. The molecule has 1 atom stereocenters. The maximum atomic E-state index is 13.7. The maximum Gasteiger partial charge on any atom is 0.220 e. The molecule has 122 valence electrons. The highest BCUT2D eigenvalue weighted by atomic mass is 19.1. The van der Waals surface area contributed by atoms with Crippen LogP contribution >= 0.6 is 0 Å². The molecular weight excluding hydrogens is 295 g/mol. The van der Waals surface area contributed by atoms with Gasteiger partial charge >= 0.3 is 0 Å². The third-order valence-corrected chi connectivity index (χ3v) is 4.06. The van der Waals surface area contributed by atoms with E-state index in [-0.39, 0.29) is 17.8 Å². The molecule has 1 amide bonds. The number of rotatable bonds is 5. The fourth-order valence-electron chi connectivity index (χ4n) is 2.83. The summed E-state index contributed by atoms with van der Waals surface area (Å²) >= 11 is 0. The molecule has 3 rings (SSSR count). The molecule has 1 saturated heterocycles. The summed E-state index contributed by atoms with van der Waals surface area (Å²) in [5, 5.41) is 6.31. The summed E-state index contributed by atoms with van der Waals surface area (Å²) < 4.78 is 19.4. The zero-order chi connectivity index (χ0) is 16.1. The minimum Gasteiger partial charge on any atom is -0.461 e. The van der Waals surface area contributed by atoms with Crippen molar-refractivity contribution in [2.24, 2.45) is 0 Å². The van der Waals surface area contributed by atoms with Crippen molar-refractivity contribution in [3.8, 4) is 11.3 Å². The highest BCUT2D eigenvalue weighted by molar-refractivity contribution is 5.76. The van der Waals surface area contributed by atoms with Gasteiger partial charge in [0.15, 0.2) is 0 Å². The Morgan fingerprint density at radius 2 is 2.17 bits per heavy atom. The van der Waals surface area contributed by atoms with Crippen LogP contribution in [-0.4, -0.2) is 25.0 Å². The van der Waals surface area contributed by atoms with Gasteiger partial charge in [-0.25, -0.2) is 4.39 Å². The molecule has 1 unspecified atom stereocenters. The third-order valence-electron chi connectivity index (χ3n) is 4.06. The molecule has 1 aliphatic heterocycles. The van der Waals surface area contributed by atoms with Gasteiger partial charge in [-0.15, -0.1) is 0 Å². The van der Waals surface area contributed by atoms with Crippen molar-refractivity contribution < 1.29 is 13.6 Å². The van der Waals surface area contributed by atoms with Gasteiger partial charge in [-0.2, -0.15) is 0 Å². The van der Waals surface area contributed by atoms with Crippen LogP contribution in [0.1, 0.15) is 25.0 Å². The van der Waals surface area contributed by atoms with Crippen LogP contribution in [0.4, 0.5) is 4.39 Å². The zero-order valence-electron chi connectivity index (χ0n) is 13.0. The summed E-state index contributed by atoms with van der Waals surface area (Å²) in [4.78, 5) is 12.0. The minimum absolute atomic E-state index is 0.0301. The molecule has 2 heterocycles. The molecule has 2 aromatic rings. The lowest BCUT2D eigenvalue weighted by molar-refractivity contribution is -0.121. The lowest BCUT2D eigenvalue weighted by Gasteiger charge is -2.23. The minimum atomic E-state index is -0.309. The smallest absolute Gasteiger partial charge is 0.220 e. The Bertz CT molecular complexity index is 663. The Morgan fingerprint density at radius 3 is 2.96 bits per heavy atom. The van der Waals surface area contributed by atoms with Gasteiger partial charge in [0.05, 0.1) is 5.56 Å². The SMILES string of the molecule is O=C(CCc1ccc(-c2ccccc2F)o1)NC1CCCNC1. The first-order chi connectivity index (χ1) is 11.2. The second kappa shape index (κ2) is 7.42. The van der Waals surface area contributed by atoms with Crippen LogP contribution in [0.15, 0.2) is 40.8 Å². The standard InChI is InChI=1S/C18H21FN2O2/c19-16-6-2-1-5-15(16)17-9-7-14(23-17)8-10-18(22)21-13-4-3-11-20-12-13/h1-2,5-7,9,13,20H,3-4,8,10-12H2,(H,21,22). The number of amides is 1. The lowest BCUT2D eigenvalue weighted by atomic mass is 10.1. The van der Waals surface area contributed by atoms with Gasteiger partial charge < -0.3 is 15.1 Å². The highest BCUT2D eigenvalue weighted by Crippen LogP contribution is 2.25. The molecule has 2 N–H and O–H groups in total. The fourth-order valence-corrected chi connectivity index (χ4v) is 2.83. The first-order valence-electron chi connectivity index (χ1n) is 8.06. The number of furan rings is 1. The third kappa shape index (κ3) is 4.20. The Morgan fingerprint density at radius 1 is 1.30 bits per heavy atom. The van der Waals surface area contributed by atoms with Crippen LogP contribution in [0.2, 0.25) is 0 Å². The monoisotopic (exact) mass is 316 g/mol. The van der Waals surface area contributed by atoms with Crippen molar-refractivity contribution >= 4 is 5.91 Å². The van der Waals surface area contributed by atoms with E-state index in [1.807, 2.05) is 0 Å². The summed E-state index contributed by atoms with van der Waals surface area (Å²) in [5.74, 6) is 0.911. The van der Waals surface area contributed by atoms with Gasteiger partial charge in [0, 0.05) is 25.4 Å². The van der Waals surface area contributed by atoms with E-state index in [9.17, 15) is 9.18 Å². The van der Waals surface area contributed by atoms with Gasteiger partial charge in [0.25, 0.3) is 0 Å². The molecule has 1 aromatic heterocycles. The summed E-state index contributed by atoms with van der Waals surface area (Å²) in [5.41, 5.74) is 0.441. The number of aryl methyl sites for hydroxylation is 1. The number of carbonyl (C=O) groups excluding carboxylic acids is 1. The van der Waals surface area contributed by atoms with E-state index in [2.05, 4.69) is 10.6 Å². The first-order valence-corrected chi connectivity index (χ1v) is 8.06. The number of piperidine rings is 1. The number of nitrogens with one attached hydrogen (secondary N) is 2. The average Bonchev–Trinajstić information content (AvgIpc) is 3.03.